The highest BCUT2D eigenvalue weighted by molar-refractivity contribution is 7.22. The van der Waals surface area contributed by atoms with E-state index >= 15 is 0 Å². The SMILES string of the molecule is C=CC(=O)OCCCCOC(=O)[C@H]1CC[C@H](C(=O)Oc2ccc(OC)c(/C=N/Nc3nc4ccccc4s3)c2)CC1. The highest BCUT2D eigenvalue weighted by Crippen LogP contribution is 2.32. The second-order valence-electron chi connectivity index (χ2n) is 9.48. The van der Waals surface area contributed by atoms with Gasteiger partial charge in [0.2, 0.25) is 5.13 Å². The second-order valence-corrected chi connectivity index (χ2v) is 10.5. The number of hydrogen-bond acceptors (Lipinski definition) is 11. The number of thiazole rings is 1. The first-order valence-corrected chi connectivity index (χ1v) is 14.3. The Hall–Kier alpha value is -4.25. The Morgan fingerprint density at radius 2 is 1.73 bits per heavy atom. The van der Waals surface area contributed by atoms with Crippen molar-refractivity contribution in [3.05, 3.63) is 60.7 Å². The lowest BCUT2D eigenvalue weighted by molar-refractivity contribution is -0.152. The van der Waals surface area contributed by atoms with Gasteiger partial charge in [-0.25, -0.2) is 9.78 Å². The molecule has 1 saturated carbocycles. The molecule has 41 heavy (non-hydrogen) atoms. The maximum absolute atomic E-state index is 12.9. The van der Waals surface area contributed by atoms with E-state index in [1.54, 1.807) is 31.5 Å². The van der Waals surface area contributed by atoms with E-state index in [1.807, 2.05) is 24.3 Å². The smallest absolute Gasteiger partial charge is 0.330 e. The first-order valence-electron chi connectivity index (χ1n) is 13.5. The van der Waals surface area contributed by atoms with Crippen molar-refractivity contribution >= 4 is 50.8 Å². The molecule has 1 aliphatic carbocycles. The number of carbonyl (C=O) groups is 3. The van der Waals surface area contributed by atoms with Crippen LogP contribution in [0.25, 0.3) is 10.2 Å². The van der Waals surface area contributed by atoms with Crippen LogP contribution in [0.2, 0.25) is 0 Å². The fourth-order valence-corrected chi connectivity index (χ4v) is 5.26. The maximum atomic E-state index is 12.9. The van der Waals surface area contributed by atoms with Crippen LogP contribution in [0.5, 0.6) is 11.5 Å². The van der Waals surface area contributed by atoms with Gasteiger partial charge >= 0.3 is 17.9 Å². The molecule has 0 unspecified atom stereocenters. The van der Waals surface area contributed by atoms with E-state index in [9.17, 15) is 14.4 Å². The third kappa shape index (κ3) is 8.62. The van der Waals surface area contributed by atoms with Gasteiger partial charge in [0, 0.05) is 11.6 Å². The number of rotatable bonds is 13. The molecule has 0 radical (unpaired) electrons. The van der Waals surface area contributed by atoms with Crippen LogP contribution in [0, 0.1) is 11.8 Å². The second kappa shape index (κ2) is 14.9. The topological polar surface area (TPSA) is 125 Å². The minimum Gasteiger partial charge on any atom is -0.496 e. The van der Waals surface area contributed by atoms with E-state index in [0.29, 0.717) is 60.7 Å². The van der Waals surface area contributed by atoms with E-state index in [4.69, 9.17) is 18.9 Å². The molecule has 2 aromatic carbocycles. The Kier molecular flexibility index (Phi) is 10.8. The molecule has 1 heterocycles. The van der Waals surface area contributed by atoms with Crippen LogP contribution < -0.4 is 14.9 Å². The van der Waals surface area contributed by atoms with Crippen molar-refractivity contribution in [2.45, 2.75) is 38.5 Å². The third-order valence-electron chi connectivity index (χ3n) is 6.67. The van der Waals surface area contributed by atoms with Crippen LogP contribution >= 0.6 is 11.3 Å². The largest absolute Gasteiger partial charge is 0.496 e. The highest BCUT2D eigenvalue weighted by Gasteiger charge is 2.32. The molecule has 3 aromatic rings. The molecule has 1 aliphatic rings. The van der Waals surface area contributed by atoms with Gasteiger partial charge in [-0.1, -0.05) is 30.0 Å². The lowest BCUT2D eigenvalue weighted by Gasteiger charge is -2.26. The summed E-state index contributed by atoms with van der Waals surface area (Å²) in [7, 11) is 1.56. The summed E-state index contributed by atoms with van der Waals surface area (Å²) < 4.78 is 22.4. The number of fused-ring (bicyclic) bond motifs is 1. The number of para-hydroxylation sites is 1. The molecule has 0 bridgehead atoms. The number of esters is 3. The Labute approximate surface area is 242 Å². The van der Waals surface area contributed by atoms with Crippen LogP contribution in [-0.4, -0.2) is 49.4 Å². The highest BCUT2D eigenvalue weighted by atomic mass is 32.1. The van der Waals surface area contributed by atoms with Crippen molar-refractivity contribution in [2.75, 3.05) is 25.7 Å². The maximum Gasteiger partial charge on any atom is 0.330 e. The number of nitrogens with zero attached hydrogens (tertiary/aromatic N) is 2. The van der Waals surface area contributed by atoms with Gasteiger partial charge in [0.25, 0.3) is 0 Å². The molecule has 0 spiro atoms. The summed E-state index contributed by atoms with van der Waals surface area (Å²) in [6, 6.07) is 12.9. The number of unbranched alkanes of at least 4 members (excludes halogenated alkanes) is 1. The third-order valence-corrected chi connectivity index (χ3v) is 7.61. The summed E-state index contributed by atoms with van der Waals surface area (Å²) in [4.78, 5) is 40.8. The van der Waals surface area contributed by atoms with E-state index in [1.165, 1.54) is 11.3 Å². The summed E-state index contributed by atoms with van der Waals surface area (Å²) in [6.45, 7) is 3.87. The molecular weight excluding hydrogens is 546 g/mol. The number of anilines is 1. The van der Waals surface area contributed by atoms with Gasteiger partial charge in [0.05, 0.1) is 48.6 Å². The predicted molar refractivity (Wildman–Crippen MR) is 156 cm³/mol. The summed E-state index contributed by atoms with van der Waals surface area (Å²) in [5, 5.41) is 4.94. The lowest BCUT2D eigenvalue weighted by Crippen LogP contribution is -2.29. The van der Waals surface area contributed by atoms with Gasteiger partial charge in [-0.15, -0.1) is 0 Å². The Bertz CT molecular complexity index is 1360. The number of nitrogens with one attached hydrogen (secondary N) is 1. The number of ether oxygens (including phenoxy) is 4. The van der Waals surface area contributed by atoms with Gasteiger partial charge in [-0.3, -0.25) is 15.0 Å². The molecule has 0 amide bonds. The van der Waals surface area contributed by atoms with E-state index in [2.05, 4.69) is 22.1 Å². The molecule has 1 aromatic heterocycles. The van der Waals surface area contributed by atoms with Crippen molar-refractivity contribution in [1.29, 1.82) is 0 Å². The zero-order valence-electron chi connectivity index (χ0n) is 22.9. The monoisotopic (exact) mass is 579 g/mol. The van der Waals surface area contributed by atoms with Gasteiger partial charge in [0.15, 0.2) is 0 Å². The van der Waals surface area contributed by atoms with E-state index in [-0.39, 0.29) is 37.0 Å². The Morgan fingerprint density at radius 3 is 2.44 bits per heavy atom. The number of benzene rings is 2. The minimum absolute atomic E-state index is 0.232. The molecule has 1 N–H and O–H groups in total. The molecule has 1 fully saturated rings. The van der Waals surface area contributed by atoms with Crippen LogP contribution in [0.4, 0.5) is 5.13 Å². The Balaban J connectivity index is 1.22. The average molecular weight is 580 g/mol. The normalized spacial score (nSPS) is 16.7. The fraction of sp³-hybridized carbons (Fsp3) is 0.367. The first kappa shape index (κ1) is 29.7. The summed E-state index contributed by atoms with van der Waals surface area (Å²) >= 11 is 1.50. The summed E-state index contributed by atoms with van der Waals surface area (Å²) in [5.41, 5.74) is 4.47. The lowest BCUT2D eigenvalue weighted by atomic mass is 9.82. The zero-order chi connectivity index (χ0) is 29.0. The molecular formula is C30H33N3O7S. The standard InChI is InChI=1S/C30H33N3O7S/c1-3-27(34)38-16-6-7-17-39-28(35)20-10-12-21(13-11-20)29(36)40-23-14-15-25(37-2)22(18-23)19-31-33-30-32-24-8-4-5-9-26(24)41-30/h3-5,8-9,14-15,18-21H,1,6-7,10-13,16-17H2,2H3,(H,32,33)/b31-19+/t20-,21-. The number of methoxy groups -OCH3 is 1. The van der Waals surface area contributed by atoms with Crippen LogP contribution in [0.15, 0.2) is 60.2 Å². The van der Waals surface area contributed by atoms with Gasteiger partial charge in [0.1, 0.15) is 11.5 Å². The summed E-state index contributed by atoms with van der Waals surface area (Å²) in [5.74, 6) is -0.603. The molecule has 11 heteroatoms. The van der Waals surface area contributed by atoms with Gasteiger partial charge < -0.3 is 18.9 Å². The molecule has 0 saturated heterocycles. The molecule has 0 aliphatic heterocycles. The van der Waals surface area contributed by atoms with E-state index in [0.717, 1.165) is 16.3 Å². The van der Waals surface area contributed by atoms with E-state index < -0.39 is 5.97 Å². The number of hydrazone groups is 1. The van der Waals surface area contributed by atoms with Crippen molar-refractivity contribution in [3.63, 3.8) is 0 Å². The number of aromatic nitrogens is 1. The predicted octanol–water partition coefficient (Wildman–Crippen LogP) is 5.52. The molecule has 0 atom stereocenters. The zero-order valence-corrected chi connectivity index (χ0v) is 23.7. The van der Waals surface area contributed by atoms with Crippen molar-refractivity contribution in [1.82, 2.24) is 4.98 Å². The van der Waals surface area contributed by atoms with Crippen molar-refractivity contribution in [3.8, 4) is 11.5 Å². The quantitative estimate of drug-likeness (QED) is 0.0696. The van der Waals surface area contributed by atoms with Crippen LogP contribution in [0.3, 0.4) is 0 Å². The summed E-state index contributed by atoms with van der Waals surface area (Å²) in [6.07, 6.45) is 6.13. The van der Waals surface area contributed by atoms with Gasteiger partial charge in [-0.2, -0.15) is 5.10 Å². The van der Waals surface area contributed by atoms with Crippen molar-refractivity contribution in [2.24, 2.45) is 16.9 Å². The van der Waals surface area contributed by atoms with Gasteiger partial charge in [-0.05, 0) is 68.9 Å². The van der Waals surface area contributed by atoms with Crippen LogP contribution in [0.1, 0.15) is 44.1 Å². The number of carbonyl (C=O) groups excluding carboxylic acids is 3. The van der Waals surface area contributed by atoms with Crippen molar-refractivity contribution < 1.29 is 33.3 Å². The molecule has 10 nitrogen and oxygen atoms in total. The fourth-order valence-electron chi connectivity index (χ4n) is 4.44. The first-order chi connectivity index (χ1) is 20.0. The average Bonchev–Trinajstić information content (AvgIpc) is 3.41. The molecule has 216 valence electrons. The van der Waals surface area contributed by atoms with Crippen LogP contribution in [-0.2, 0) is 23.9 Å². The minimum atomic E-state index is -0.465. The Morgan fingerprint density at radius 1 is 1.02 bits per heavy atom. The molecule has 4 rings (SSSR count). The number of hydrogen-bond donors (Lipinski definition) is 1.